The Labute approximate surface area is 210 Å². The number of rotatable bonds is 6. The number of ether oxygens (including phenoxy) is 1. The lowest BCUT2D eigenvalue weighted by molar-refractivity contribution is -0.130. The van der Waals surface area contributed by atoms with Gasteiger partial charge >= 0.3 is 0 Å². The molecule has 196 valence electrons. The Morgan fingerprint density at radius 1 is 1.00 bits per heavy atom. The molecule has 0 saturated heterocycles. The van der Waals surface area contributed by atoms with Crippen molar-refractivity contribution in [1.29, 1.82) is 0 Å². The highest BCUT2D eigenvalue weighted by Gasteiger charge is 2.65. The molecule has 0 bridgehead atoms. The molecule has 0 spiro atoms. The molecule has 3 saturated carbocycles. The van der Waals surface area contributed by atoms with Crippen molar-refractivity contribution in [3.63, 3.8) is 0 Å². The van der Waals surface area contributed by atoms with E-state index >= 15 is 0 Å². The normalized spacial score (nSPS) is 45.6. The van der Waals surface area contributed by atoms with E-state index in [2.05, 4.69) is 47.6 Å². The Bertz CT molecular complexity index is 793. The summed E-state index contributed by atoms with van der Waals surface area (Å²) in [6.07, 6.45) is 13.1. The van der Waals surface area contributed by atoms with Crippen molar-refractivity contribution in [3.05, 3.63) is 11.6 Å². The fourth-order valence-corrected chi connectivity index (χ4v) is 10.1. The highest BCUT2D eigenvalue weighted by atomic mass is 16.5. The van der Waals surface area contributed by atoms with Crippen molar-refractivity contribution in [2.75, 3.05) is 7.11 Å². The van der Waals surface area contributed by atoms with Crippen LogP contribution in [0.5, 0.6) is 0 Å². The summed E-state index contributed by atoms with van der Waals surface area (Å²) in [5.41, 5.74) is 2.01. The number of aliphatic hydroxyl groups excluding tert-OH is 1. The monoisotopic (exact) mass is 474 g/mol. The van der Waals surface area contributed by atoms with Gasteiger partial charge in [0.2, 0.25) is 0 Å². The number of aliphatic hydroxyl groups is 2. The summed E-state index contributed by atoms with van der Waals surface area (Å²) in [6.45, 7) is 18.6. The molecule has 2 N–H and O–H groups in total. The lowest BCUT2D eigenvalue weighted by Gasteiger charge is -2.64. The van der Waals surface area contributed by atoms with Gasteiger partial charge in [0, 0.05) is 7.11 Å². The second-order valence-electron chi connectivity index (χ2n) is 14.8. The van der Waals surface area contributed by atoms with E-state index in [4.69, 9.17) is 4.74 Å². The molecule has 9 unspecified atom stereocenters. The van der Waals surface area contributed by atoms with E-state index in [0.29, 0.717) is 52.4 Å². The molecule has 3 fully saturated rings. The first-order valence-electron chi connectivity index (χ1n) is 14.3. The van der Waals surface area contributed by atoms with E-state index in [1.807, 2.05) is 7.11 Å². The third kappa shape index (κ3) is 3.77. The molecule has 9 atom stereocenters. The van der Waals surface area contributed by atoms with Gasteiger partial charge in [-0.25, -0.2) is 0 Å². The molecule has 34 heavy (non-hydrogen) atoms. The van der Waals surface area contributed by atoms with Crippen LogP contribution in [-0.2, 0) is 4.74 Å². The molecule has 0 aromatic heterocycles. The van der Waals surface area contributed by atoms with Crippen LogP contribution in [0.1, 0.15) is 113 Å². The summed E-state index contributed by atoms with van der Waals surface area (Å²) in [5.74, 6) is 2.67. The zero-order valence-corrected chi connectivity index (χ0v) is 23.7. The van der Waals surface area contributed by atoms with Crippen molar-refractivity contribution in [2.45, 2.75) is 131 Å². The van der Waals surface area contributed by atoms with Crippen molar-refractivity contribution >= 4 is 0 Å². The summed E-state index contributed by atoms with van der Waals surface area (Å²) < 4.78 is 5.99. The summed E-state index contributed by atoms with van der Waals surface area (Å²) in [6, 6.07) is 0. The summed E-state index contributed by atoms with van der Waals surface area (Å²) in [4.78, 5) is 0. The second-order valence-corrected chi connectivity index (χ2v) is 14.8. The van der Waals surface area contributed by atoms with Crippen LogP contribution in [0.3, 0.4) is 0 Å². The third-order valence-corrected chi connectivity index (χ3v) is 12.5. The minimum Gasteiger partial charge on any atom is -0.390 e. The van der Waals surface area contributed by atoms with Crippen LogP contribution < -0.4 is 0 Å². The van der Waals surface area contributed by atoms with E-state index in [0.717, 1.165) is 6.42 Å². The van der Waals surface area contributed by atoms with E-state index in [-0.39, 0.29) is 5.41 Å². The molecule has 4 aliphatic carbocycles. The van der Waals surface area contributed by atoms with Crippen LogP contribution in [0.2, 0.25) is 0 Å². The van der Waals surface area contributed by atoms with Crippen LogP contribution >= 0.6 is 0 Å². The van der Waals surface area contributed by atoms with Crippen molar-refractivity contribution < 1.29 is 14.9 Å². The predicted octanol–water partition coefficient (Wildman–Crippen LogP) is 7.15. The Hall–Kier alpha value is -0.380. The van der Waals surface area contributed by atoms with Gasteiger partial charge in [-0.05, 0) is 117 Å². The standard InChI is InChI=1S/C31H54O3/c1-20(10-13-25(32)28(4,5)33)21-14-18-31(8)23-11-12-24-27(2,3)26(34-9)16-17-29(24,6)22(23)15-19-30(21,31)7/h15,20-21,23-26,32-33H,10-14,16-19H2,1-9H3. The van der Waals surface area contributed by atoms with Gasteiger partial charge in [0.15, 0.2) is 0 Å². The maximum Gasteiger partial charge on any atom is 0.0849 e. The molecule has 0 aliphatic heterocycles. The Balaban J connectivity index is 1.59. The Morgan fingerprint density at radius 3 is 2.29 bits per heavy atom. The first-order chi connectivity index (χ1) is 15.6. The molecule has 0 aromatic carbocycles. The SMILES string of the molecule is COC1CCC2(C)C3=CCC4(C)C(C(C)CCC(O)C(C)(C)O)CCC4(C)C3CCC2C1(C)C. The average molecular weight is 475 g/mol. The van der Waals surface area contributed by atoms with Crippen molar-refractivity contribution in [3.8, 4) is 0 Å². The van der Waals surface area contributed by atoms with Crippen LogP contribution in [0.4, 0.5) is 0 Å². The van der Waals surface area contributed by atoms with Crippen LogP contribution in [0.25, 0.3) is 0 Å². The number of hydrogen-bond donors (Lipinski definition) is 2. The molecule has 0 heterocycles. The Kier molecular flexibility index (Phi) is 6.74. The van der Waals surface area contributed by atoms with Gasteiger partial charge in [-0.2, -0.15) is 0 Å². The van der Waals surface area contributed by atoms with Gasteiger partial charge in [-0.1, -0.05) is 53.2 Å². The molecule has 0 aromatic rings. The molecule has 0 radical (unpaired) electrons. The lowest BCUT2D eigenvalue weighted by atomic mass is 9.41. The predicted molar refractivity (Wildman–Crippen MR) is 140 cm³/mol. The number of methoxy groups -OCH3 is 1. The zero-order valence-electron chi connectivity index (χ0n) is 23.7. The van der Waals surface area contributed by atoms with Gasteiger partial charge < -0.3 is 14.9 Å². The van der Waals surface area contributed by atoms with Gasteiger partial charge in [0.05, 0.1) is 17.8 Å². The quantitative estimate of drug-likeness (QED) is 0.402. The summed E-state index contributed by atoms with van der Waals surface area (Å²) in [7, 11) is 1.91. The summed E-state index contributed by atoms with van der Waals surface area (Å²) >= 11 is 0. The minimum atomic E-state index is -1.01. The number of allylic oxidation sites excluding steroid dienone is 2. The van der Waals surface area contributed by atoms with Gasteiger partial charge in [0.1, 0.15) is 0 Å². The first kappa shape index (κ1) is 26.7. The third-order valence-electron chi connectivity index (χ3n) is 12.5. The average Bonchev–Trinajstić information content (AvgIpc) is 3.02. The number of hydrogen-bond acceptors (Lipinski definition) is 3. The molecular weight excluding hydrogens is 420 g/mol. The van der Waals surface area contributed by atoms with Crippen molar-refractivity contribution in [2.24, 2.45) is 45.3 Å². The highest BCUT2D eigenvalue weighted by molar-refractivity contribution is 5.32. The topological polar surface area (TPSA) is 49.7 Å². The molecule has 4 rings (SSSR count). The van der Waals surface area contributed by atoms with E-state index in [9.17, 15) is 10.2 Å². The van der Waals surface area contributed by atoms with E-state index < -0.39 is 11.7 Å². The molecular formula is C31H54O3. The van der Waals surface area contributed by atoms with Crippen LogP contribution in [0.15, 0.2) is 11.6 Å². The van der Waals surface area contributed by atoms with E-state index in [1.54, 1.807) is 19.4 Å². The molecule has 0 amide bonds. The Morgan fingerprint density at radius 2 is 1.68 bits per heavy atom. The summed E-state index contributed by atoms with van der Waals surface area (Å²) in [5, 5.41) is 20.6. The first-order valence-corrected chi connectivity index (χ1v) is 14.3. The maximum atomic E-state index is 10.4. The molecule has 3 nitrogen and oxygen atoms in total. The van der Waals surface area contributed by atoms with Gasteiger partial charge in [0.25, 0.3) is 0 Å². The maximum absolute atomic E-state index is 10.4. The molecule has 3 heteroatoms. The molecule has 4 aliphatic rings. The van der Waals surface area contributed by atoms with Gasteiger partial charge in [-0.15, -0.1) is 0 Å². The van der Waals surface area contributed by atoms with Crippen LogP contribution in [0, 0.1) is 45.3 Å². The number of fused-ring (bicyclic) bond motifs is 5. The second kappa shape index (κ2) is 8.59. The highest BCUT2D eigenvalue weighted by Crippen LogP contribution is 2.73. The fraction of sp³-hybridized carbons (Fsp3) is 0.935. The van der Waals surface area contributed by atoms with Crippen LogP contribution in [-0.4, -0.2) is 35.1 Å². The largest absolute Gasteiger partial charge is 0.390 e. The van der Waals surface area contributed by atoms with Crippen molar-refractivity contribution in [1.82, 2.24) is 0 Å². The minimum absolute atomic E-state index is 0.225. The van der Waals surface area contributed by atoms with E-state index in [1.165, 1.54) is 44.9 Å². The smallest absolute Gasteiger partial charge is 0.0849 e. The lowest BCUT2D eigenvalue weighted by Crippen LogP contribution is -2.58. The van der Waals surface area contributed by atoms with Gasteiger partial charge in [-0.3, -0.25) is 0 Å². The zero-order chi connectivity index (χ0) is 25.3. The fourth-order valence-electron chi connectivity index (χ4n) is 10.1.